The molecule has 0 bridgehead atoms. The van der Waals surface area contributed by atoms with Gasteiger partial charge in [-0.2, -0.15) is 24.9 Å². The monoisotopic (exact) mass is 272 g/mol. The van der Waals surface area contributed by atoms with Crippen molar-refractivity contribution in [3.05, 3.63) is 0 Å². The van der Waals surface area contributed by atoms with Crippen LogP contribution in [0.5, 0.6) is 0 Å². The zero-order chi connectivity index (χ0) is 13.7. The third-order valence-electron chi connectivity index (χ3n) is 2.34. The summed E-state index contributed by atoms with van der Waals surface area (Å²) in [6.45, 7) is 4.34. The molecule has 0 spiro atoms. The largest absolute Gasteiger partial charge is 0.415 e. The van der Waals surface area contributed by atoms with Gasteiger partial charge in [0.05, 0.1) is 0 Å². The first kappa shape index (κ1) is 16.6. The summed E-state index contributed by atoms with van der Waals surface area (Å²) in [5.74, 6) is 0.558. The van der Waals surface area contributed by atoms with Gasteiger partial charge < -0.3 is 11.1 Å². The Labute approximate surface area is 104 Å². The molecule has 3 N–H and O–H groups in total. The average Bonchev–Trinajstić information content (AvgIpc) is 2.16. The summed E-state index contributed by atoms with van der Waals surface area (Å²) < 4.78 is 37.4. The molecule has 0 aliphatic heterocycles. The van der Waals surface area contributed by atoms with Crippen molar-refractivity contribution in [2.75, 3.05) is 11.5 Å². The Morgan fingerprint density at radius 3 is 2.41 bits per heavy atom. The van der Waals surface area contributed by atoms with Crippen LogP contribution < -0.4 is 11.1 Å². The highest BCUT2D eigenvalue weighted by Crippen LogP contribution is 2.28. The number of carbonyl (C=O) groups is 1. The summed E-state index contributed by atoms with van der Waals surface area (Å²) in [6.07, 6.45) is -4.12. The third-order valence-corrected chi connectivity index (χ3v) is 3.27. The molecule has 0 aliphatic carbocycles. The van der Waals surface area contributed by atoms with Gasteiger partial charge in [-0.1, -0.05) is 6.92 Å². The molecular weight excluding hydrogens is 253 g/mol. The second kappa shape index (κ2) is 6.49. The van der Waals surface area contributed by atoms with Crippen molar-refractivity contribution in [3.8, 4) is 0 Å². The maximum Gasteiger partial charge on any atom is 0.415 e. The summed E-state index contributed by atoms with van der Waals surface area (Å²) in [4.78, 5) is 11.4. The van der Waals surface area contributed by atoms with Crippen LogP contribution in [0.15, 0.2) is 0 Å². The first-order chi connectivity index (χ1) is 7.63. The third kappa shape index (κ3) is 5.16. The maximum atomic E-state index is 12.5. The van der Waals surface area contributed by atoms with Crippen LogP contribution in [0.4, 0.5) is 13.2 Å². The van der Waals surface area contributed by atoms with Crippen LogP contribution in [0.1, 0.15) is 27.2 Å². The first-order valence-electron chi connectivity index (χ1n) is 5.37. The van der Waals surface area contributed by atoms with E-state index in [-0.39, 0.29) is 6.04 Å². The van der Waals surface area contributed by atoms with Gasteiger partial charge in [0.15, 0.2) is 5.54 Å². The predicted octanol–water partition coefficient (Wildman–Crippen LogP) is 1.91. The quantitative estimate of drug-likeness (QED) is 0.726. The Hall–Kier alpha value is -0.430. The van der Waals surface area contributed by atoms with E-state index in [1.165, 1.54) is 0 Å². The zero-order valence-electron chi connectivity index (χ0n) is 10.2. The number of hydrogen-bond donors (Lipinski definition) is 2. The molecule has 0 fully saturated rings. The lowest BCUT2D eigenvalue weighted by Gasteiger charge is -2.27. The van der Waals surface area contributed by atoms with Crippen LogP contribution in [0.25, 0.3) is 0 Å². The topological polar surface area (TPSA) is 55.1 Å². The number of thioether (sulfide) groups is 1. The summed E-state index contributed by atoms with van der Waals surface area (Å²) >= 11 is 1.67. The van der Waals surface area contributed by atoms with Gasteiger partial charge in [0.1, 0.15) is 0 Å². The number of hydrogen-bond acceptors (Lipinski definition) is 3. The van der Waals surface area contributed by atoms with E-state index in [1.54, 1.807) is 18.7 Å². The molecule has 0 saturated carbocycles. The van der Waals surface area contributed by atoms with Gasteiger partial charge in [-0.25, -0.2) is 0 Å². The van der Waals surface area contributed by atoms with Gasteiger partial charge in [0.25, 0.3) is 0 Å². The first-order valence-corrected chi connectivity index (χ1v) is 6.52. The molecule has 17 heavy (non-hydrogen) atoms. The lowest BCUT2D eigenvalue weighted by molar-refractivity contribution is -0.187. The number of nitrogens with two attached hydrogens (primary N) is 1. The van der Waals surface area contributed by atoms with Gasteiger partial charge in [0, 0.05) is 6.04 Å². The Kier molecular flexibility index (Phi) is 6.32. The maximum absolute atomic E-state index is 12.5. The molecular formula is C10H19F3N2OS. The lowest BCUT2D eigenvalue weighted by atomic mass is 10.0. The molecule has 0 heterocycles. The molecule has 0 aromatic carbocycles. The van der Waals surface area contributed by atoms with Crippen LogP contribution >= 0.6 is 11.8 Å². The molecule has 2 atom stereocenters. The molecule has 3 nitrogen and oxygen atoms in total. The van der Waals surface area contributed by atoms with Gasteiger partial charge in [0.2, 0.25) is 5.91 Å². The molecule has 7 heteroatoms. The van der Waals surface area contributed by atoms with Gasteiger partial charge >= 0.3 is 6.18 Å². The van der Waals surface area contributed by atoms with Crippen LogP contribution in [0, 0.1) is 0 Å². The summed E-state index contributed by atoms with van der Waals surface area (Å²) in [7, 11) is 0. The van der Waals surface area contributed by atoms with Gasteiger partial charge in [-0.15, -0.1) is 0 Å². The fraction of sp³-hybridized carbons (Fsp3) is 0.900. The normalized spacial score (nSPS) is 17.4. The minimum absolute atomic E-state index is 0.313. The molecule has 2 unspecified atom stereocenters. The molecule has 0 aromatic rings. The summed E-state index contributed by atoms with van der Waals surface area (Å²) in [5.41, 5.74) is 2.16. The molecule has 0 aliphatic rings. The van der Waals surface area contributed by atoms with Crippen molar-refractivity contribution in [1.29, 1.82) is 0 Å². The van der Waals surface area contributed by atoms with E-state index in [9.17, 15) is 18.0 Å². The highest BCUT2D eigenvalue weighted by atomic mass is 32.2. The number of rotatable bonds is 6. The molecule has 1 amide bonds. The van der Waals surface area contributed by atoms with Gasteiger partial charge in [-0.3, -0.25) is 4.79 Å². The predicted molar refractivity (Wildman–Crippen MR) is 63.9 cm³/mol. The molecule has 0 aromatic heterocycles. The highest BCUT2D eigenvalue weighted by molar-refractivity contribution is 7.99. The second-order valence-electron chi connectivity index (χ2n) is 4.06. The van der Waals surface area contributed by atoms with E-state index in [0.29, 0.717) is 13.3 Å². The minimum Gasteiger partial charge on any atom is -0.352 e. The van der Waals surface area contributed by atoms with E-state index in [4.69, 9.17) is 5.73 Å². The smallest absolute Gasteiger partial charge is 0.352 e. The molecule has 0 saturated heterocycles. The fourth-order valence-corrected chi connectivity index (χ4v) is 1.79. The van der Waals surface area contributed by atoms with E-state index in [0.717, 1.165) is 11.5 Å². The standard InChI is InChI=1S/C10H19F3N2OS/c1-4-17-6-5-7(2)15-8(16)9(3,14)10(11,12)13/h7H,4-6,14H2,1-3H3,(H,15,16). The van der Waals surface area contributed by atoms with E-state index in [2.05, 4.69) is 5.32 Å². The van der Waals surface area contributed by atoms with E-state index >= 15 is 0 Å². The van der Waals surface area contributed by atoms with Crippen LogP contribution in [0.3, 0.4) is 0 Å². The molecule has 102 valence electrons. The van der Waals surface area contributed by atoms with E-state index in [1.807, 2.05) is 6.92 Å². The number of nitrogens with one attached hydrogen (secondary N) is 1. The zero-order valence-corrected chi connectivity index (χ0v) is 11.0. The second-order valence-corrected chi connectivity index (χ2v) is 5.45. The number of amides is 1. The van der Waals surface area contributed by atoms with Gasteiger partial charge in [-0.05, 0) is 31.8 Å². The SMILES string of the molecule is CCSCCC(C)NC(=O)C(C)(N)C(F)(F)F. The lowest BCUT2D eigenvalue weighted by Crippen LogP contribution is -2.62. The van der Waals surface area contributed by atoms with Crippen LogP contribution in [-0.2, 0) is 4.79 Å². The number of halogens is 3. The average molecular weight is 272 g/mol. The Morgan fingerprint density at radius 2 is 2.00 bits per heavy atom. The van der Waals surface area contributed by atoms with Crippen molar-refractivity contribution in [2.24, 2.45) is 5.73 Å². The summed E-state index contributed by atoms with van der Waals surface area (Å²) in [6, 6.07) is -0.313. The van der Waals surface area contributed by atoms with Crippen molar-refractivity contribution < 1.29 is 18.0 Å². The Bertz CT molecular complexity index is 256. The van der Waals surface area contributed by atoms with Crippen LogP contribution in [0.2, 0.25) is 0 Å². The number of carbonyl (C=O) groups excluding carboxylic acids is 1. The molecule has 0 rings (SSSR count). The minimum atomic E-state index is -4.74. The Morgan fingerprint density at radius 1 is 1.47 bits per heavy atom. The van der Waals surface area contributed by atoms with Crippen molar-refractivity contribution in [3.63, 3.8) is 0 Å². The van der Waals surface area contributed by atoms with E-state index < -0.39 is 17.6 Å². The number of alkyl halides is 3. The fourth-order valence-electron chi connectivity index (χ4n) is 0.979. The van der Waals surface area contributed by atoms with Crippen molar-refractivity contribution >= 4 is 17.7 Å². The highest BCUT2D eigenvalue weighted by Gasteiger charge is 2.54. The molecule has 0 radical (unpaired) electrons. The summed E-state index contributed by atoms with van der Waals surface area (Å²) in [5, 5.41) is 2.29. The van der Waals surface area contributed by atoms with Crippen molar-refractivity contribution in [1.82, 2.24) is 5.32 Å². The van der Waals surface area contributed by atoms with Crippen molar-refractivity contribution in [2.45, 2.75) is 44.9 Å². The van der Waals surface area contributed by atoms with Crippen LogP contribution in [-0.4, -0.2) is 35.2 Å². The Balaban J connectivity index is 4.25.